The number of aliphatic hydroxyl groups is 6. The van der Waals surface area contributed by atoms with Crippen LogP contribution in [0.4, 0.5) is 0 Å². The van der Waals surface area contributed by atoms with E-state index < -0.39 is 35.9 Å². The Balaban J connectivity index is 1.48. The summed E-state index contributed by atoms with van der Waals surface area (Å²) in [5, 5.41) is 65.8. The number of fused-ring (bicyclic) bond motifs is 2. The van der Waals surface area contributed by atoms with Crippen molar-refractivity contribution in [3.8, 4) is 0 Å². The van der Waals surface area contributed by atoms with E-state index in [2.05, 4.69) is 0 Å². The minimum Gasteiger partial charge on any atom is -0.509 e. The van der Waals surface area contributed by atoms with Crippen molar-refractivity contribution in [3.63, 3.8) is 0 Å². The quantitative estimate of drug-likeness (QED) is 0.233. The smallest absolute Gasteiger partial charge is 0.139 e. The van der Waals surface area contributed by atoms with Gasteiger partial charge in [0.2, 0.25) is 0 Å². The van der Waals surface area contributed by atoms with Crippen molar-refractivity contribution in [1.29, 1.82) is 0 Å². The van der Waals surface area contributed by atoms with Crippen molar-refractivity contribution in [2.45, 2.75) is 24.4 Å². The predicted molar refractivity (Wildman–Crippen MR) is 133 cm³/mol. The molecule has 4 rings (SSSR count). The van der Waals surface area contributed by atoms with Crippen molar-refractivity contribution in [1.82, 2.24) is 0 Å². The van der Waals surface area contributed by atoms with Crippen LogP contribution in [0, 0.1) is 0 Å². The molecule has 6 N–H and O–H groups in total. The van der Waals surface area contributed by atoms with Crippen LogP contribution in [0.3, 0.4) is 0 Å². The van der Waals surface area contributed by atoms with Gasteiger partial charge in [-0.15, -0.1) is 0 Å². The lowest BCUT2D eigenvalue weighted by molar-refractivity contribution is -0.0996. The summed E-state index contributed by atoms with van der Waals surface area (Å²) < 4.78 is 0. The SMILES string of the molecule is OC(=Cc1ccc2ccccc2c1)[C@@H](O)[C@@H](O)[C@H](O)[C@H](O)C(O)=Cc1ccc2ccccc2c1. The van der Waals surface area contributed by atoms with Gasteiger partial charge < -0.3 is 30.6 Å². The third-order valence-electron chi connectivity index (χ3n) is 5.78. The fraction of sp³-hybridized carbons (Fsp3) is 0.143. The molecular weight excluding hydrogens is 432 g/mol. The van der Waals surface area contributed by atoms with Crippen LogP contribution in [-0.2, 0) is 0 Å². The number of hydrogen-bond acceptors (Lipinski definition) is 6. The number of benzene rings is 4. The average Bonchev–Trinajstić information content (AvgIpc) is 2.86. The van der Waals surface area contributed by atoms with Crippen LogP contribution in [0.2, 0.25) is 0 Å². The molecule has 6 heteroatoms. The largest absolute Gasteiger partial charge is 0.509 e. The summed E-state index contributed by atoms with van der Waals surface area (Å²) in [6, 6.07) is 26.0. The molecule has 0 saturated heterocycles. The second kappa shape index (κ2) is 10.1. The molecule has 34 heavy (non-hydrogen) atoms. The first kappa shape index (κ1) is 23.5. The Morgan fingerprint density at radius 3 is 1.24 bits per heavy atom. The van der Waals surface area contributed by atoms with Crippen LogP contribution in [0.5, 0.6) is 0 Å². The Morgan fingerprint density at radius 1 is 0.500 bits per heavy atom. The molecule has 4 aromatic carbocycles. The molecular formula is C28H26O6. The van der Waals surface area contributed by atoms with E-state index in [1.807, 2.05) is 60.7 Å². The zero-order valence-corrected chi connectivity index (χ0v) is 18.2. The van der Waals surface area contributed by atoms with E-state index in [9.17, 15) is 30.6 Å². The van der Waals surface area contributed by atoms with E-state index in [1.54, 1.807) is 24.3 Å². The highest BCUT2D eigenvalue weighted by Gasteiger charge is 2.34. The summed E-state index contributed by atoms with van der Waals surface area (Å²) in [5.74, 6) is -1.18. The van der Waals surface area contributed by atoms with Crippen molar-refractivity contribution in [3.05, 3.63) is 108 Å². The van der Waals surface area contributed by atoms with Gasteiger partial charge in [-0.3, -0.25) is 0 Å². The molecule has 4 atom stereocenters. The Hall–Kier alpha value is -3.68. The van der Waals surface area contributed by atoms with E-state index >= 15 is 0 Å². The van der Waals surface area contributed by atoms with Crippen LogP contribution >= 0.6 is 0 Å². The molecule has 174 valence electrons. The van der Waals surface area contributed by atoms with Gasteiger partial charge in [0.15, 0.2) is 0 Å². The second-order valence-electron chi connectivity index (χ2n) is 8.22. The maximum Gasteiger partial charge on any atom is 0.139 e. The van der Waals surface area contributed by atoms with Crippen LogP contribution in [0.1, 0.15) is 11.1 Å². The van der Waals surface area contributed by atoms with Crippen molar-refractivity contribution in [2.24, 2.45) is 0 Å². The summed E-state index contributed by atoms with van der Waals surface area (Å²) >= 11 is 0. The molecule has 0 unspecified atom stereocenters. The lowest BCUT2D eigenvalue weighted by Gasteiger charge is -2.26. The molecule has 0 radical (unpaired) electrons. The van der Waals surface area contributed by atoms with Gasteiger partial charge in [0.05, 0.1) is 0 Å². The fourth-order valence-electron chi connectivity index (χ4n) is 3.83. The molecule has 0 heterocycles. The van der Waals surface area contributed by atoms with E-state index in [4.69, 9.17) is 0 Å². The van der Waals surface area contributed by atoms with E-state index in [1.165, 1.54) is 12.2 Å². The third-order valence-corrected chi connectivity index (χ3v) is 5.78. The monoisotopic (exact) mass is 458 g/mol. The zero-order chi connectivity index (χ0) is 24.2. The summed E-state index contributed by atoms with van der Waals surface area (Å²) in [6.45, 7) is 0. The Kier molecular flexibility index (Phi) is 6.95. The predicted octanol–water partition coefficient (Wildman–Crippen LogP) is 3.93. The molecule has 0 aliphatic rings. The van der Waals surface area contributed by atoms with E-state index in [0.29, 0.717) is 11.1 Å². The Labute approximate surface area is 196 Å². The summed E-state index contributed by atoms with van der Waals surface area (Å²) in [4.78, 5) is 0. The van der Waals surface area contributed by atoms with Gasteiger partial charge in [0.25, 0.3) is 0 Å². The standard InChI is InChI=1S/C28H26O6/c29-23(15-17-9-11-19-5-1-3-7-21(19)13-17)25(31)27(33)28(34)26(32)24(30)16-18-10-12-20-6-2-4-8-22(20)14-18/h1-16,25-34H/t25-,26-,27-,28-/m1/s1. The van der Waals surface area contributed by atoms with Gasteiger partial charge in [0.1, 0.15) is 35.9 Å². The highest BCUT2D eigenvalue weighted by Crippen LogP contribution is 2.22. The topological polar surface area (TPSA) is 121 Å². The molecule has 0 aliphatic heterocycles. The summed E-state index contributed by atoms with van der Waals surface area (Å²) in [7, 11) is 0. The molecule has 0 aromatic heterocycles. The van der Waals surface area contributed by atoms with Gasteiger partial charge in [-0.05, 0) is 57.0 Å². The third kappa shape index (κ3) is 5.11. The first-order chi connectivity index (χ1) is 16.3. The average molecular weight is 459 g/mol. The van der Waals surface area contributed by atoms with Crippen LogP contribution < -0.4 is 0 Å². The minimum atomic E-state index is -1.96. The van der Waals surface area contributed by atoms with Crippen LogP contribution in [0.25, 0.3) is 33.7 Å². The van der Waals surface area contributed by atoms with Crippen LogP contribution in [0.15, 0.2) is 96.4 Å². The normalized spacial score (nSPS) is 16.4. The Bertz CT molecular complexity index is 1250. The molecule has 4 aromatic rings. The highest BCUT2D eigenvalue weighted by molar-refractivity contribution is 5.85. The molecule has 0 bridgehead atoms. The van der Waals surface area contributed by atoms with Crippen LogP contribution in [-0.4, -0.2) is 55.1 Å². The molecule has 0 fully saturated rings. The molecule has 0 saturated carbocycles. The zero-order valence-electron chi connectivity index (χ0n) is 18.2. The first-order valence-electron chi connectivity index (χ1n) is 10.8. The number of aliphatic hydroxyl groups excluding tert-OH is 6. The fourth-order valence-corrected chi connectivity index (χ4v) is 3.83. The lowest BCUT2D eigenvalue weighted by atomic mass is 9.98. The van der Waals surface area contributed by atoms with Gasteiger partial charge >= 0.3 is 0 Å². The van der Waals surface area contributed by atoms with E-state index in [0.717, 1.165) is 21.5 Å². The maximum atomic E-state index is 10.3. The lowest BCUT2D eigenvalue weighted by Crippen LogP contribution is -2.45. The van der Waals surface area contributed by atoms with E-state index in [-0.39, 0.29) is 0 Å². The summed E-state index contributed by atoms with van der Waals surface area (Å²) in [5.41, 5.74) is 1.16. The molecule has 0 amide bonds. The van der Waals surface area contributed by atoms with Gasteiger partial charge in [-0.1, -0.05) is 72.8 Å². The van der Waals surface area contributed by atoms with Gasteiger partial charge in [-0.2, -0.15) is 0 Å². The molecule has 6 nitrogen and oxygen atoms in total. The summed E-state index contributed by atoms with van der Waals surface area (Å²) in [6.07, 6.45) is -5.15. The Morgan fingerprint density at radius 2 is 0.853 bits per heavy atom. The van der Waals surface area contributed by atoms with Gasteiger partial charge in [0, 0.05) is 0 Å². The highest BCUT2D eigenvalue weighted by atomic mass is 16.4. The molecule has 0 spiro atoms. The van der Waals surface area contributed by atoms with Crippen molar-refractivity contribution < 1.29 is 30.6 Å². The first-order valence-corrected chi connectivity index (χ1v) is 10.8. The van der Waals surface area contributed by atoms with Gasteiger partial charge in [-0.25, -0.2) is 0 Å². The maximum absolute atomic E-state index is 10.3. The molecule has 0 aliphatic carbocycles. The number of hydrogen-bond donors (Lipinski definition) is 6. The minimum absolute atomic E-state index is 0.580. The second-order valence-corrected chi connectivity index (χ2v) is 8.22. The van der Waals surface area contributed by atoms with Crippen molar-refractivity contribution in [2.75, 3.05) is 0 Å². The van der Waals surface area contributed by atoms with Crippen molar-refractivity contribution >= 4 is 33.7 Å². The number of rotatable bonds is 7.